The number of nitrogens with zero attached hydrogens (tertiary/aromatic N) is 1. The molecule has 1 heterocycles. The van der Waals surface area contributed by atoms with Crippen molar-refractivity contribution in [3.05, 3.63) is 28.2 Å². The number of aldehydes is 1. The summed E-state index contributed by atoms with van der Waals surface area (Å²) in [4.78, 5) is 13.1. The van der Waals surface area contributed by atoms with Crippen molar-refractivity contribution in [1.82, 2.24) is 0 Å². The van der Waals surface area contributed by atoms with E-state index >= 15 is 0 Å². The second-order valence-corrected chi connectivity index (χ2v) is 5.01. The fourth-order valence-electron chi connectivity index (χ4n) is 2.14. The molecular weight excluding hydrogens is 282 g/mol. The standard InChI is InChI=1S/C13H16BrNO2/c1-2-11-9-17-6-5-15(11)13-4-3-10(8-16)7-12(13)14/h3-4,7-8,11H,2,5-6,9H2,1H3. The van der Waals surface area contributed by atoms with E-state index in [4.69, 9.17) is 4.74 Å². The van der Waals surface area contributed by atoms with Crippen molar-refractivity contribution in [1.29, 1.82) is 0 Å². The molecule has 1 aromatic rings. The number of halogens is 1. The quantitative estimate of drug-likeness (QED) is 0.804. The first kappa shape index (κ1) is 12.6. The van der Waals surface area contributed by atoms with Crippen LogP contribution in [0.5, 0.6) is 0 Å². The van der Waals surface area contributed by atoms with E-state index < -0.39 is 0 Å². The minimum absolute atomic E-state index is 0.419. The van der Waals surface area contributed by atoms with Crippen molar-refractivity contribution in [3.8, 4) is 0 Å². The molecule has 0 bridgehead atoms. The van der Waals surface area contributed by atoms with Gasteiger partial charge in [0, 0.05) is 16.6 Å². The number of ether oxygens (including phenoxy) is 1. The van der Waals surface area contributed by atoms with Gasteiger partial charge in [-0.15, -0.1) is 0 Å². The summed E-state index contributed by atoms with van der Waals surface area (Å²) < 4.78 is 6.47. The lowest BCUT2D eigenvalue weighted by Gasteiger charge is -2.37. The molecule has 2 rings (SSSR count). The summed E-state index contributed by atoms with van der Waals surface area (Å²) in [5.41, 5.74) is 1.84. The Morgan fingerprint density at radius 1 is 1.59 bits per heavy atom. The zero-order valence-electron chi connectivity index (χ0n) is 9.86. The van der Waals surface area contributed by atoms with Crippen LogP contribution in [-0.2, 0) is 4.74 Å². The second kappa shape index (κ2) is 5.65. The van der Waals surface area contributed by atoms with E-state index in [9.17, 15) is 4.79 Å². The van der Waals surface area contributed by atoms with Crippen molar-refractivity contribution >= 4 is 27.9 Å². The average molecular weight is 298 g/mol. The van der Waals surface area contributed by atoms with Crippen LogP contribution >= 0.6 is 15.9 Å². The maximum absolute atomic E-state index is 10.7. The van der Waals surface area contributed by atoms with E-state index in [1.54, 1.807) is 0 Å². The highest BCUT2D eigenvalue weighted by Crippen LogP contribution is 2.30. The smallest absolute Gasteiger partial charge is 0.150 e. The van der Waals surface area contributed by atoms with Crippen molar-refractivity contribution in [3.63, 3.8) is 0 Å². The predicted molar refractivity (Wildman–Crippen MR) is 71.8 cm³/mol. The van der Waals surface area contributed by atoms with Gasteiger partial charge in [-0.1, -0.05) is 6.92 Å². The molecule has 1 saturated heterocycles. The number of morpholine rings is 1. The molecule has 92 valence electrons. The van der Waals surface area contributed by atoms with Crippen molar-refractivity contribution in [2.45, 2.75) is 19.4 Å². The average Bonchev–Trinajstić information content (AvgIpc) is 2.38. The number of benzene rings is 1. The summed E-state index contributed by atoms with van der Waals surface area (Å²) in [5, 5.41) is 0. The van der Waals surface area contributed by atoms with Crippen molar-refractivity contribution < 1.29 is 9.53 Å². The van der Waals surface area contributed by atoms with Crippen LogP contribution in [0.4, 0.5) is 5.69 Å². The third kappa shape index (κ3) is 2.69. The number of hydrogen-bond acceptors (Lipinski definition) is 3. The van der Waals surface area contributed by atoms with Gasteiger partial charge in [-0.2, -0.15) is 0 Å². The Morgan fingerprint density at radius 3 is 3.06 bits per heavy atom. The molecule has 0 aromatic heterocycles. The van der Waals surface area contributed by atoms with Crippen LogP contribution in [0.2, 0.25) is 0 Å². The van der Waals surface area contributed by atoms with Crippen LogP contribution in [0.1, 0.15) is 23.7 Å². The molecule has 0 N–H and O–H groups in total. The van der Waals surface area contributed by atoms with Gasteiger partial charge in [0.25, 0.3) is 0 Å². The summed E-state index contributed by atoms with van der Waals surface area (Å²) >= 11 is 3.54. The first-order valence-corrected chi connectivity index (χ1v) is 6.64. The highest BCUT2D eigenvalue weighted by molar-refractivity contribution is 9.10. The van der Waals surface area contributed by atoms with Gasteiger partial charge < -0.3 is 9.64 Å². The Bertz CT molecular complexity index is 408. The first-order valence-electron chi connectivity index (χ1n) is 5.85. The molecular formula is C13H16BrNO2. The molecule has 3 nitrogen and oxygen atoms in total. The Labute approximate surface area is 110 Å². The lowest BCUT2D eigenvalue weighted by atomic mass is 10.1. The van der Waals surface area contributed by atoms with Crippen molar-refractivity contribution in [2.24, 2.45) is 0 Å². The van der Waals surface area contributed by atoms with Crippen molar-refractivity contribution in [2.75, 3.05) is 24.7 Å². The monoisotopic (exact) mass is 297 g/mol. The number of carbonyl (C=O) groups excluding carboxylic acids is 1. The Morgan fingerprint density at radius 2 is 2.41 bits per heavy atom. The fraction of sp³-hybridized carbons (Fsp3) is 0.462. The van der Waals surface area contributed by atoms with Crippen LogP contribution in [0.15, 0.2) is 22.7 Å². The summed E-state index contributed by atoms with van der Waals surface area (Å²) in [5.74, 6) is 0. The van der Waals surface area contributed by atoms with Gasteiger partial charge in [0.05, 0.1) is 24.9 Å². The number of carbonyl (C=O) groups is 1. The molecule has 1 unspecified atom stereocenters. The van der Waals surface area contributed by atoms with Crippen LogP contribution in [0, 0.1) is 0 Å². The van der Waals surface area contributed by atoms with E-state index in [1.807, 2.05) is 18.2 Å². The Kier molecular flexibility index (Phi) is 4.18. The predicted octanol–water partition coefficient (Wildman–Crippen LogP) is 2.88. The first-order chi connectivity index (χ1) is 8.26. The van der Waals surface area contributed by atoms with Gasteiger partial charge in [-0.05, 0) is 40.5 Å². The molecule has 4 heteroatoms. The topological polar surface area (TPSA) is 29.5 Å². The van der Waals surface area contributed by atoms with Gasteiger partial charge in [0.15, 0.2) is 0 Å². The molecule has 17 heavy (non-hydrogen) atoms. The van der Waals surface area contributed by atoms with Gasteiger partial charge in [-0.25, -0.2) is 0 Å². The molecule has 1 fully saturated rings. The summed E-state index contributed by atoms with van der Waals surface area (Å²) in [6.45, 7) is 4.61. The Hall–Kier alpha value is -0.870. The maximum atomic E-state index is 10.7. The van der Waals surface area contributed by atoms with Gasteiger partial charge in [0.2, 0.25) is 0 Å². The molecule has 0 radical (unpaired) electrons. The largest absolute Gasteiger partial charge is 0.377 e. The summed E-state index contributed by atoms with van der Waals surface area (Å²) in [6, 6.07) is 6.14. The SMILES string of the molecule is CCC1COCCN1c1ccc(C=O)cc1Br. The molecule has 0 spiro atoms. The van der Waals surface area contributed by atoms with Crippen LogP contribution in [-0.4, -0.2) is 32.1 Å². The van der Waals surface area contributed by atoms with E-state index in [0.717, 1.165) is 42.6 Å². The van der Waals surface area contributed by atoms with E-state index in [-0.39, 0.29) is 0 Å². The van der Waals surface area contributed by atoms with E-state index in [2.05, 4.69) is 27.8 Å². The molecule has 0 amide bonds. The lowest BCUT2D eigenvalue weighted by Crippen LogP contribution is -2.45. The maximum Gasteiger partial charge on any atom is 0.150 e. The number of hydrogen-bond donors (Lipinski definition) is 0. The molecule has 1 aromatic carbocycles. The molecule has 1 aliphatic heterocycles. The van der Waals surface area contributed by atoms with Gasteiger partial charge in [0.1, 0.15) is 6.29 Å². The minimum atomic E-state index is 0.419. The zero-order valence-corrected chi connectivity index (χ0v) is 11.4. The second-order valence-electron chi connectivity index (χ2n) is 4.16. The zero-order chi connectivity index (χ0) is 12.3. The molecule has 0 aliphatic carbocycles. The normalized spacial score (nSPS) is 20.4. The molecule has 1 aliphatic rings. The minimum Gasteiger partial charge on any atom is -0.377 e. The van der Waals surface area contributed by atoms with Crippen LogP contribution in [0.3, 0.4) is 0 Å². The highest BCUT2D eigenvalue weighted by Gasteiger charge is 2.23. The van der Waals surface area contributed by atoms with E-state index in [0.29, 0.717) is 11.6 Å². The lowest BCUT2D eigenvalue weighted by molar-refractivity contribution is 0.0929. The summed E-state index contributed by atoms with van der Waals surface area (Å²) in [7, 11) is 0. The molecule has 0 saturated carbocycles. The number of anilines is 1. The van der Waals surface area contributed by atoms with Crippen LogP contribution in [0.25, 0.3) is 0 Å². The fourth-order valence-corrected chi connectivity index (χ4v) is 2.76. The van der Waals surface area contributed by atoms with Gasteiger partial charge >= 0.3 is 0 Å². The van der Waals surface area contributed by atoms with E-state index in [1.165, 1.54) is 0 Å². The third-order valence-corrected chi connectivity index (χ3v) is 3.75. The van der Waals surface area contributed by atoms with Crippen LogP contribution < -0.4 is 4.90 Å². The molecule has 1 atom stereocenters. The number of rotatable bonds is 3. The summed E-state index contributed by atoms with van der Waals surface area (Å²) in [6.07, 6.45) is 1.92. The van der Waals surface area contributed by atoms with Gasteiger partial charge in [-0.3, -0.25) is 4.79 Å². The third-order valence-electron chi connectivity index (χ3n) is 3.12. The highest BCUT2D eigenvalue weighted by atomic mass is 79.9. The Balaban J connectivity index is 2.28.